The molecule has 0 aromatic heterocycles. The van der Waals surface area contributed by atoms with Crippen LogP contribution in [0.4, 0.5) is 0 Å². The Morgan fingerprint density at radius 3 is 2.15 bits per heavy atom. The number of hydrogen-bond donors (Lipinski definition) is 2. The minimum absolute atomic E-state index is 0. The van der Waals surface area contributed by atoms with Gasteiger partial charge < -0.3 is 10.6 Å². The Hall–Kier alpha value is -0.570. The molecule has 13 heavy (non-hydrogen) atoms. The van der Waals surface area contributed by atoms with Crippen molar-refractivity contribution in [2.75, 3.05) is 13.6 Å². The van der Waals surface area contributed by atoms with Gasteiger partial charge in [0.25, 0.3) is 0 Å². The predicted octanol–water partition coefficient (Wildman–Crippen LogP) is 2.03. The Bertz CT molecular complexity index is 122. The summed E-state index contributed by atoms with van der Waals surface area (Å²) in [5.74, 6) is 0.0909. The highest BCUT2D eigenvalue weighted by atomic mass is 16.1. The van der Waals surface area contributed by atoms with Crippen LogP contribution in [-0.2, 0) is 4.79 Å². The first kappa shape index (κ1) is 14.9. The Morgan fingerprint density at radius 2 is 1.85 bits per heavy atom. The third kappa shape index (κ3) is 18.4. The second kappa shape index (κ2) is 11.4. The van der Waals surface area contributed by atoms with E-state index < -0.39 is 0 Å². The molecular weight excluding hydrogens is 164 g/mol. The highest BCUT2D eigenvalue weighted by molar-refractivity contribution is 5.75. The van der Waals surface area contributed by atoms with Gasteiger partial charge in [0.15, 0.2) is 0 Å². The molecule has 0 aromatic carbocycles. The van der Waals surface area contributed by atoms with Crippen LogP contribution < -0.4 is 10.6 Å². The van der Waals surface area contributed by atoms with Crippen LogP contribution in [-0.4, -0.2) is 25.5 Å². The molecule has 3 heteroatoms. The average Bonchev–Trinajstić information content (AvgIpc) is 2.05. The van der Waals surface area contributed by atoms with Gasteiger partial charge in [-0.1, -0.05) is 34.1 Å². The zero-order valence-electron chi connectivity index (χ0n) is 9.61. The predicted molar refractivity (Wildman–Crippen MR) is 62.0 cm³/mol. The molecule has 0 fully saturated rings. The lowest BCUT2D eigenvalue weighted by Crippen LogP contribution is -2.28. The summed E-state index contributed by atoms with van der Waals surface area (Å²) in [5, 5.41) is 5.71. The van der Waals surface area contributed by atoms with E-state index in [1.807, 2.05) is 0 Å². The van der Waals surface area contributed by atoms with Crippen molar-refractivity contribution < 1.29 is 7.65 Å². The van der Waals surface area contributed by atoms with Crippen LogP contribution in [0, 0.1) is 0 Å². The number of carbonyl (C=O) groups excluding carboxylic acids is 1. The van der Waals surface area contributed by atoms with E-state index in [1.54, 1.807) is 7.05 Å². The third-order valence-corrected chi connectivity index (χ3v) is 1.18. The fraction of sp³-hybridized carbons (Fsp3) is 0.900. The van der Waals surface area contributed by atoms with E-state index >= 15 is 0 Å². The van der Waals surface area contributed by atoms with Crippen LogP contribution in [0.25, 0.3) is 0 Å². The number of nitrogens with one attached hydrogen (secondary N) is 2. The SMILES string of the molecule is CCC.CNC(=O)CCNC(C)C.[HH].[HH]. The summed E-state index contributed by atoms with van der Waals surface area (Å²) in [5.41, 5.74) is 0. The molecule has 0 spiro atoms. The summed E-state index contributed by atoms with van der Waals surface area (Å²) in [7, 11) is 1.65. The van der Waals surface area contributed by atoms with Gasteiger partial charge in [0, 0.05) is 28.9 Å². The molecule has 0 aliphatic heterocycles. The van der Waals surface area contributed by atoms with Crippen molar-refractivity contribution in [2.45, 2.75) is 46.6 Å². The lowest BCUT2D eigenvalue weighted by atomic mass is 10.3. The van der Waals surface area contributed by atoms with E-state index in [9.17, 15) is 4.79 Å². The molecule has 0 bridgehead atoms. The van der Waals surface area contributed by atoms with Gasteiger partial charge in [0.2, 0.25) is 5.91 Å². The van der Waals surface area contributed by atoms with E-state index in [4.69, 9.17) is 0 Å². The van der Waals surface area contributed by atoms with Gasteiger partial charge in [0.1, 0.15) is 0 Å². The summed E-state index contributed by atoms with van der Waals surface area (Å²) < 4.78 is 0. The first-order valence-electron chi connectivity index (χ1n) is 5.02. The molecule has 0 rings (SSSR count). The molecule has 0 heterocycles. The lowest BCUT2D eigenvalue weighted by molar-refractivity contribution is -0.120. The molecule has 2 N–H and O–H groups in total. The number of carbonyl (C=O) groups is 1. The van der Waals surface area contributed by atoms with Crippen molar-refractivity contribution in [2.24, 2.45) is 0 Å². The topological polar surface area (TPSA) is 41.1 Å². The van der Waals surface area contributed by atoms with Crippen molar-refractivity contribution in [1.29, 1.82) is 0 Å². The molecule has 0 aliphatic carbocycles. The maximum atomic E-state index is 10.6. The Labute approximate surface area is 85.3 Å². The quantitative estimate of drug-likeness (QED) is 0.715. The second-order valence-corrected chi connectivity index (χ2v) is 3.24. The average molecular weight is 192 g/mol. The fourth-order valence-corrected chi connectivity index (χ4v) is 0.599. The Kier molecular flexibility index (Phi) is 13.1. The van der Waals surface area contributed by atoms with E-state index in [0.717, 1.165) is 6.54 Å². The minimum Gasteiger partial charge on any atom is -0.359 e. The van der Waals surface area contributed by atoms with E-state index in [1.165, 1.54) is 6.42 Å². The van der Waals surface area contributed by atoms with Crippen molar-refractivity contribution >= 4 is 5.91 Å². The van der Waals surface area contributed by atoms with Crippen LogP contribution in [0.15, 0.2) is 0 Å². The van der Waals surface area contributed by atoms with Gasteiger partial charge in [-0.2, -0.15) is 0 Å². The highest BCUT2D eigenvalue weighted by Gasteiger charge is 1.96. The minimum atomic E-state index is 0. The number of rotatable bonds is 4. The molecule has 1 amide bonds. The van der Waals surface area contributed by atoms with Crippen LogP contribution in [0.3, 0.4) is 0 Å². The molecule has 0 aromatic rings. The Morgan fingerprint density at radius 1 is 1.38 bits per heavy atom. The van der Waals surface area contributed by atoms with Gasteiger partial charge >= 0.3 is 0 Å². The summed E-state index contributed by atoms with van der Waals surface area (Å²) in [6.07, 6.45) is 1.81. The van der Waals surface area contributed by atoms with Gasteiger partial charge in [0.05, 0.1) is 0 Å². The normalized spacial score (nSPS) is 9.08. The summed E-state index contributed by atoms with van der Waals surface area (Å²) in [4.78, 5) is 10.6. The third-order valence-electron chi connectivity index (χ3n) is 1.18. The molecule has 0 radical (unpaired) electrons. The lowest BCUT2D eigenvalue weighted by Gasteiger charge is -2.05. The second-order valence-electron chi connectivity index (χ2n) is 3.24. The van der Waals surface area contributed by atoms with Gasteiger partial charge in [-0.15, -0.1) is 0 Å². The zero-order valence-corrected chi connectivity index (χ0v) is 9.61. The standard InChI is InChI=1S/C7H16N2O.C3H8.2H2/c1-6(2)9-5-4-7(10)8-3;1-3-2;;/h6,9H,4-5H2,1-3H3,(H,8,10);3H2,1-2H3;2*1H. The molecule has 84 valence electrons. The van der Waals surface area contributed by atoms with Crippen molar-refractivity contribution in [3.63, 3.8) is 0 Å². The first-order chi connectivity index (χ1) is 6.08. The molecule has 0 unspecified atom stereocenters. The Balaban J connectivity index is -0.000000108. The van der Waals surface area contributed by atoms with Gasteiger partial charge in [-0.05, 0) is 0 Å². The zero-order chi connectivity index (χ0) is 10.7. The molecule has 0 aliphatic rings. The first-order valence-corrected chi connectivity index (χ1v) is 5.02. The summed E-state index contributed by atoms with van der Waals surface area (Å²) >= 11 is 0. The molecule has 0 saturated carbocycles. The molecule has 0 saturated heterocycles. The molecule has 3 nitrogen and oxygen atoms in total. The highest BCUT2D eigenvalue weighted by Crippen LogP contribution is 1.79. The van der Waals surface area contributed by atoms with E-state index in [0.29, 0.717) is 12.5 Å². The van der Waals surface area contributed by atoms with Gasteiger partial charge in [-0.3, -0.25) is 4.79 Å². The van der Waals surface area contributed by atoms with E-state index in [2.05, 4.69) is 38.3 Å². The molecular formula is C10H28N2O. The van der Waals surface area contributed by atoms with Crippen LogP contribution >= 0.6 is 0 Å². The summed E-state index contributed by atoms with van der Waals surface area (Å²) in [6.45, 7) is 9.13. The van der Waals surface area contributed by atoms with E-state index in [-0.39, 0.29) is 8.76 Å². The van der Waals surface area contributed by atoms with Crippen LogP contribution in [0.2, 0.25) is 0 Å². The van der Waals surface area contributed by atoms with Crippen LogP contribution in [0.5, 0.6) is 0 Å². The monoisotopic (exact) mass is 192 g/mol. The van der Waals surface area contributed by atoms with Crippen molar-refractivity contribution in [3.05, 3.63) is 0 Å². The fourth-order valence-electron chi connectivity index (χ4n) is 0.599. The number of amides is 1. The number of hydrogen-bond acceptors (Lipinski definition) is 2. The maximum Gasteiger partial charge on any atom is 0.221 e. The molecule has 0 atom stereocenters. The summed E-state index contributed by atoms with van der Waals surface area (Å²) in [6, 6.07) is 0.463. The largest absolute Gasteiger partial charge is 0.359 e. The van der Waals surface area contributed by atoms with Crippen molar-refractivity contribution in [3.8, 4) is 0 Å². The van der Waals surface area contributed by atoms with Crippen LogP contribution in [0.1, 0.15) is 43.4 Å². The van der Waals surface area contributed by atoms with Crippen molar-refractivity contribution in [1.82, 2.24) is 10.6 Å². The smallest absolute Gasteiger partial charge is 0.221 e. The van der Waals surface area contributed by atoms with Gasteiger partial charge in [-0.25, -0.2) is 0 Å². The maximum absolute atomic E-state index is 10.6.